The van der Waals surface area contributed by atoms with Crippen molar-refractivity contribution in [3.63, 3.8) is 0 Å². The first-order valence-electron chi connectivity index (χ1n) is 5.46. The molecule has 2 aromatic rings. The first-order chi connectivity index (χ1) is 8.66. The van der Waals surface area contributed by atoms with Crippen molar-refractivity contribution >= 4 is 24.1 Å². The van der Waals surface area contributed by atoms with Gasteiger partial charge >= 0.3 is 5.97 Å². The van der Waals surface area contributed by atoms with Crippen LogP contribution in [-0.2, 0) is 6.61 Å². The highest BCUT2D eigenvalue weighted by molar-refractivity contribution is 5.91. The Bertz CT molecular complexity index is 558. The SMILES string of the molecule is Cl.Nc1ccc(C(=O)O)c(OCc2ccccc2)c1. The van der Waals surface area contributed by atoms with Crippen molar-refractivity contribution in [1.82, 2.24) is 0 Å². The molecule has 0 fully saturated rings. The molecule has 100 valence electrons. The number of halogens is 1. The van der Waals surface area contributed by atoms with Gasteiger partial charge in [0, 0.05) is 11.8 Å². The Morgan fingerprint density at radius 3 is 2.47 bits per heavy atom. The van der Waals surface area contributed by atoms with Crippen LogP contribution in [0.2, 0.25) is 0 Å². The summed E-state index contributed by atoms with van der Waals surface area (Å²) in [6.07, 6.45) is 0. The summed E-state index contributed by atoms with van der Waals surface area (Å²) < 4.78 is 5.50. The van der Waals surface area contributed by atoms with Crippen LogP contribution in [0.3, 0.4) is 0 Å². The molecule has 0 amide bonds. The highest BCUT2D eigenvalue weighted by Crippen LogP contribution is 2.22. The summed E-state index contributed by atoms with van der Waals surface area (Å²) in [4.78, 5) is 11.0. The fraction of sp³-hybridized carbons (Fsp3) is 0.0714. The highest BCUT2D eigenvalue weighted by Gasteiger charge is 2.11. The highest BCUT2D eigenvalue weighted by atomic mass is 35.5. The number of nitrogen functional groups attached to an aromatic ring is 1. The molecule has 5 heteroatoms. The van der Waals surface area contributed by atoms with Crippen LogP contribution in [0.1, 0.15) is 15.9 Å². The quantitative estimate of drug-likeness (QED) is 0.844. The van der Waals surface area contributed by atoms with Crippen molar-refractivity contribution in [1.29, 1.82) is 0 Å². The van der Waals surface area contributed by atoms with Gasteiger partial charge in [-0.05, 0) is 17.7 Å². The first-order valence-corrected chi connectivity index (χ1v) is 5.46. The molecule has 0 aliphatic carbocycles. The van der Waals surface area contributed by atoms with Crippen LogP contribution in [0.5, 0.6) is 5.75 Å². The van der Waals surface area contributed by atoms with Gasteiger partial charge in [0.05, 0.1) is 0 Å². The number of hydrogen-bond donors (Lipinski definition) is 2. The number of anilines is 1. The molecule has 2 aromatic carbocycles. The zero-order valence-electron chi connectivity index (χ0n) is 10.1. The third-order valence-electron chi connectivity index (χ3n) is 2.47. The largest absolute Gasteiger partial charge is 0.488 e. The Balaban J connectivity index is 0.00000180. The molecule has 0 aromatic heterocycles. The van der Waals surface area contributed by atoms with E-state index in [1.807, 2.05) is 30.3 Å². The topological polar surface area (TPSA) is 72.6 Å². The maximum atomic E-state index is 11.0. The Hall–Kier alpha value is -2.20. The minimum Gasteiger partial charge on any atom is -0.488 e. The van der Waals surface area contributed by atoms with Crippen molar-refractivity contribution in [3.8, 4) is 5.75 Å². The zero-order valence-corrected chi connectivity index (χ0v) is 10.9. The lowest BCUT2D eigenvalue weighted by atomic mass is 10.2. The van der Waals surface area contributed by atoms with Gasteiger partial charge in [0.15, 0.2) is 0 Å². The van der Waals surface area contributed by atoms with Gasteiger partial charge in [-0.1, -0.05) is 30.3 Å². The number of nitrogens with two attached hydrogens (primary N) is 1. The number of carboxylic acids is 1. The van der Waals surface area contributed by atoms with Crippen molar-refractivity contribution in [2.24, 2.45) is 0 Å². The molecule has 2 rings (SSSR count). The van der Waals surface area contributed by atoms with Crippen LogP contribution in [0.4, 0.5) is 5.69 Å². The molecule has 4 nitrogen and oxygen atoms in total. The standard InChI is InChI=1S/C14H13NO3.ClH/c15-11-6-7-12(14(16)17)13(8-11)18-9-10-4-2-1-3-5-10;/h1-8H,9,15H2,(H,16,17);1H. The zero-order chi connectivity index (χ0) is 13.0. The molecule has 0 spiro atoms. The number of hydrogen-bond acceptors (Lipinski definition) is 3. The van der Waals surface area contributed by atoms with Crippen molar-refractivity contribution < 1.29 is 14.6 Å². The van der Waals surface area contributed by atoms with Gasteiger partial charge in [-0.15, -0.1) is 12.4 Å². The molecule has 0 atom stereocenters. The lowest BCUT2D eigenvalue weighted by Crippen LogP contribution is -2.04. The van der Waals surface area contributed by atoms with Crippen LogP contribution in [0.15, 0.2) is 48.5 Å². The molecule has 0 radical (unpaired) electrons. The Morgan fingerprint density at radius 1 is 1.16 bits per heavy atom. The van der Waals surface area contributed by atoms with Crippen LogP contribution >= 0.6 is 12.4 Å². The maximum Gasteiger partial charge on any atom is 0.339 e. The predicted octanol–water partition coefficient (Wildman–Crippen LogP) is 2.97. The average molecular weight is 280 g/mol. The number of ether oxygens (including phenoxy) is 1. The van der Waals surface area contributed by atoms with Crippen molar-refractivity contribution in [2.75, 3.05) is 5.73 Å². The van der Waals surface area contributed by atoms with E-state index in [2.05, 4.69) is 0 Å². The molecule has 0 aliphatic heterocycles. The van der Waals surface area contributed by atoms with E-state index in [4.69, 9.17) is 15.6 Å². The number of carboxylic acid groups (broad SMARTS) is 1. The normalized spacial score (nSPS) is 9.47. The van der Waals surface area contributed by atoms with Crippen LogP contribution in [-0.4, -0.2) is 11.1 Å². The summed E-state index contributed by atoms with van der Waals surface area (Å²) in [6, 6.07) is 14.0. The van der Waals surface area contributed by atoms with Crippen LogP contribution in [0.25, 0.3) is 0 Å². The van der Waals surface area contributed by atoms with Gasteiger partial charge in [0.2, 0.25) is 0 Å². The minimum absolute atomic E-state index is 0. The van der Waals surface area contributed by atoms with Crippen LogP contribution in [0, 0.1) is 0 Å². The lowest BCUT2D eigenvalue weighted by molar-refractivity contribution is 0.0692. The number of benzene rings is 2. The fourth-order valence-corrected chi connectivity index (χ4v) is 1.57. The minimum atomic E-state index is -1.03. The molecule has 0 unspecified atom stereocenters. The van der Waals surface area contributed by atoms with Crippen LogP contribution < -0.4 is 10.5 Å². The van der Waals surface area contributed by atoms with Crippen molar-refractivity contribution in [2.45, 2.75) is 6.61 Å². The van der Waals surface area contributed by atoms with E-state index in [9.17, 15) is 4.79 Å². The van der Waals surface area contributed by atoms with E-state index in [0.717, 1.165) is 5.56 Å². The summed E-state index contributed by atoms with van der Waals surface area (Å²) in [5.74, 6) is -0.746. The second-order valence-electron chi connectivity index (χ2n) is 3.84. The van der Waals surface area contributed by atoms with E-state index in [1.165, 1.54) is 12.1 Å². The molecule has 0 heterocycles. The second kappa shape index (κ2) is 6.66. The Labute approximate surface area is 117 Å². The monoisotopic (exact) mass is 279 g/mol. The van der Waals surface area contributed by atoms with E-state index in [0.29, 0.717) is 12.3 Å². The lowest BCUT2D eigenvalue weighted by Gasteiger charge is -2.09. The summed E-state index contributed by atoms with van der Waals surface area (Å²) in [7, 11) is 0. The molecule has 0 saturated carbocycles. The number of aromatic carboxylic acids is 1. The van der Waals surface area contributed by atoms with E-state index in [-0.39, 0.29) is 23.7 Å². The number of rotatable bonds is 4. The van der Waals surface area contributed by atoms with Crippen molar-refractivity contribution in [3.05, 3.63) is 59.7 Å². The maximum absolute atomic E-state index is 11.0. The van der Waals surface area contributed by atoms with Gasteiger partial charge < -0.3 is 15.6 Å². The van der Waals surface area contributed by atoms with E-state index < -0.39 is 5.97 Å². The summed E-state index contributed by atoms with van der Waals surface area (Å²) in [5, 5.41) is 9.03. The third kappa shape index (κ3) is 3.89. The van der Waals surface area contributed by atoms with Gasteiger partial charge in [0.1, 0.15) is 17.9 Å². The third-order valence-corrected chi connectivity index (χ3v) is 2.47. The molecule has 0 aliphatic rings. The van der Waals surface area contributed by atoms with E-state index >= 15 is 0 Å². The van der Waals surface area contributed by atoms with Gasteiger partial charge in [-0.2, -0.15) is 0 Å². The summed E-state index contributed by atoms with van der Waals surface area (Å²) in [6.45, 7) is 0.310. The molecular formula is C14H14ClNO3. The smallest absolute Gasteiger partial charge is 0.339 e. The molecule has 3 N–H and O–H groups in total. The first kappa shape index (κ1) is 14.9. The fourth-order valence-electron chi connectivity index (χ4n) is 1.57. The Morgan fingerprint density at radius 2 is 1.84 bits per heavy atom. The molecular weight excluding hydrogens is 266 g/mol. The van der Waals surface area contributed by atoms with Gasteiger partial charge in [-0.25, -0.2) is 4.79 Å². The predicted molar refractivity (Wildman–Crippen MR) is 75.8 cm³/mol. The van der Waals surface area contributed by atoms with Gasteiger partial charge in [0.25, 0.3) is 0 Å². The molecule has 0 bridgehead atoms. The molecule has 19 heavy (non-hydrogen) atoms. The van der Waals surface area contributed by atoms with E-state index in [1.54, 1.807) is 6.07 Å². The summed E-state index contributed by atoms with van der Waals surface area (Å²) >= 11 is 0. The average Bonchev–Trinajstić information content (AvgIpc) is 2.37. The summed E-state index contributed by atoms with van der Waals surface area (Å²) in [5.41, 5.74) is 7.18. The second-order valence-corrected chi connectivity index (χ2v) is 3.84. The Kier molecular flexibility index (Phi) is 5.21. The number of carbonyl (C=O) groups is 1. The van der Waals surface area contributed by atoms with Gasteiger partial charge in [-0.3, -0.25) is 0 Å². The molecule has 0 saturated heterocycles.